The van der Waals surface area contributed by atoms with Gasteiger partial charge in [-0.3, -0.25) is 9.79 Å². The number of nitrogens with zero attached hydrogens (tertiary/aromatic N) is 1. The molecule has 2 rings (SSSR count). The standard InChI is InChI=1S/C11H5F6NO/c12-10(13,14)5-3-6(11(15,16)17)9-7(4-5)18-2-1-8(9)19/h1-4,9H. The molecule has 1 atom stereocenters. The van der Waals surface area contributed by atoms with Crippen molar-refractivity contribution in [3.63, 3.8) is 0 Å². The Kier molecular flexibility index (Phi) is 2.91. The first-order chi connectivity index (χ1) is 8.60. The molecule has 0 aromatic rings. The number of hydrogen-bond acceptors (Lipinski definition) is 2. The molecule has 0 fully saturated rings. The van der Waals surface area contributed by atoms with Gasteiger partial charge in [-0.25, -0.2) is 0 Å². The highest BCUT2D eigenvalue weighted by Gasteiger charge is 2.48. The fourth-order valence-electron chi connectivity index (χ4n) is 1.81. The molecule has 1 aliphatic heterocycles. The van der Waals surface area contributed by atoms with Crippen LogP contribution in [-0.2, 0) is 4.79 Å². The number of carbonyl (C=O) groups excluding carboxylic acids is 1. The quantitative estimate of drug-likeness (QED) is 0.627. The van der Waals surface area contributed by atoms with Crippen molar-refractivity contribution in [2.24, 2.45) is 10.9 Å². The van der Waals surface area contributed by atoms with E-state index in [2.05, 4.69) is 4.99 Å². The monoisotopic (exact) mass is 281 g/mol. The molecule has 0 saturated heterocycles. The molecule has 0 saturated carbocycles. The lowest BCUT2D eigenvalue weighted by atomic mass is 9.82. The van der Waals surface area contributed by atoms with Crippen LogP contribution < -0.4 is 0 Å². The molecule has 0 aromatic carbocycles. The minimum atomic E-state index is -5.03. The Morgan fingerprint density at radius 1 is 1.00 bits per heavy atom. The van der Waals surface area contributed by atoms with Crippen LogP contribution in [0.25, 0.3) is 0 Å². The lowest BCUT2D eigenvalue weighted by molar-refractivity contribution is -0.122. The molecule has 1 aliphatic carbocycles. The third kappa shape index (κ3) is 2.47. The van der Waals surface area contributed by atoms with Crippen LogP contribution >= 0.6 is 0 Å². The molecular formula is C11H5F6NO. The smallest absolute Gasteiger partial charge is 0.294 e. The highest BCUT2D eigenvalue weighted by Crippen LogP contribution is 2.41. The number of rotatable bonds is 0. The van der Waals surface area contributed by atoms with Gasteiger partial charge in [0.2, 0.25) is 0 Å². The summed E-state index contributed by atoms with van der Waals surface area (Å²) in [7, 11) is 0. The maximum atomic E-state index is 12.8. The van der Waals surface area contributed by atoms with E-state index in [1.807, 2.05) is 0 Å². The van der Waals surface area contributed by atoms with Crippen molar-refractivity contribution in [2.45, 2.75) is 12.4 Å². The topological polar surface area (TPSA) is 29.4 Å². The number of allylic oxidation sites excluding steroid dienone is 5. The van der Waals surface area contributed by atoms with Crippen LogP contribution in [0.4, 0.5) is 26.3 Å². The molecular weight excluding hydrogens is 276 g/mol. The van der Waals surface area contributed by atoms with Crippen LogP contribution in [0.1, 0.15) is 0 Å². The van der Waals surface area contributed by atoms with Crippen molar-refractivity contribution in [1.82, 2.24) is 0 Å². The van der Waals surface area contributed by atoms with Gasteiger partial charge in [0.1, 0.15) is 0 Å². The molecule has 0 aromatic heterocycles. The average Bonchev–Trinajstić information content (AvgIpc) is 2.25. The average molecular weight is 281 g/mol. The van der Waals surface area contributed by atoms with Gasteiger partial charge < -0.3 is 0 Å². The minimum absolute atomic E-state index is 0.0409. The Morgan fingerprint density at radius 3 is 2.16 bits per heavy atom. The fourth-order valence-corrected chi connectivity index (χ4v) is 1.81. The summed E-state index contributed by atoms with van der Waals surface area (Å²) in [5.41, 5.74) is -3.57. The molecule has 102 valence electrons. The summed E-state index contributed by atoms with van der Waals surface area (Å²) >= 11 is 0. The van der Waals surface area contributed by atoms with Gasteiger partial charge >= 0.3 is 12.4 Å². The van der Waals surface area contributed by atoms with E-state index in [1.54, 1.807) is 0 Å². The van der Waals surface area contributed by atoms with Crippen molar-refractivity contribution >= 4 is 11.5 Å². The van der Waals surface area contributed by atoms with Gasteiger partial charge in [-0.2, -0.15) is 26.3 Å². The minimum Gasteiger partial charge on any atom is -0.294 e. The van der Waals surface area contributed by atoms with Crippen molar-refractivity contribution < 1.29 is 31.1 Å². The fraction of sp³-hybridized carbons (Fsp3) is 0.273. The van der Waals surface area contributed by atoms with E-state index < -0.39 is 40.9 Å². The lowest BCUT2D eigenvalue weighted by Crippen LogP contribution is -2.36. The molecule has 1 unspecified atom stereocenters. The molecule has 1 heterocycles. The molecule has 19 heavy (non-hydrogen) atoms. The highest BCUT2D eigenvalue weighted by atomic mass is 19.4. The molecule has 0 N–H and O–H groups in total. The number of halogens is 6. The lowest BCUT2D eigenvalue weighted by Gasteiger charge is -2.27. The highest BCUT2D eigenvalue weighted by molar-refractivity contribution is 6.19. The van der Waals surface area contributed by atoms with Gasteiger partial charge in [-0.15, -0.1) is 0 Å². The number of aliphatic imine (C=N–C) groups is 1. The zero-order valence-electron chi connectivity index (χ0n) is 9.01. The first-order valence-electron chi connectivity index (χ1n) is 4.96. The first-order valence-corrected chi connectivity index (χ1v) is 4.96. The van der Waals surface area contributed by atoms with E-state index >= 15 is 0 Å². The predicted octanol–water partition coefficient (Wildman–Crippen LogP) is 3.13. The zero-order valence-corrected chi connectivity index (χ0v) is 9.01. The number of ketones is 1. The third-order valence-electron chi connectivity index (χ3n) is 2.62. The molecule has 0 amide bonds. The molecule has 0 spiro atoms. The number of hydrogen-bond donors (Lipinski definition) is 0. The largest absolute Gasteiger partial charge is 0.416 e. The van der Waals surface area contributed by atoms with Crippen molar-refractivity contribution in [1.29, 1.82) is 0 Å². The summed E-state index contributed by atoms with van der Waals surface area (Å²) in [4.78, 5) is 14.9. The van der Waals surface area contributed by atoms with E-state index in [4.69, 9.17) is 0 Å². The maximum Gasteiger partial charge on any atom is 0.416 e. The van der Waals surface area contributed by atoms with E-state index in [-0.39, 0.29) is 6.08 Å². The third-order valence-corrected chi connectivity index (χ3v) is 2.62. The predicted molar refractivity (Wildman–Crippen MR) is 53.3 cm³/mol. The first kappa shape index (κ1) is 13.6. The SMILES string of the molecule is O=C1C=CN=C2C=C(C(F)(F)F)C=C(C(F)(F)F)C12. The Balaban J connectivity index is 2.59. The van der Waals surface area contributed by atoms with E-state index in [0.29, 0.717) is 6.08 Å². The van der Waals surface area contributed by atoms with Crippen LogP contribution in [0, 0.1) is 5.92 Å². The van der Waals surface area contributed by atoms with Crippen molar-refractivity contribution in [3.05, 3.63) is 35.6 Å². The molecule has 8 heteroatoms. The van der Waals surface area contributed by atoms with Gasteiger partial charge in [-0.1, -0.05) is 0 Å². The van der Waals surface area contributed by atoms with Gasteiger partial charge in [0.15, 0.2) is 5.78 Å². The van der Waals surface area contributed by atoms with Gasteiger partial charge in [0.05, 0.1) is 22.8 Å². The summed E-state index contributed by atoms with van der Waals surface area (Å²) in [6.07, 6.45) is -7.86. The summed E-state index contributed by atoms with van der Waals surface area (Å²) < 4.78 is 75.8. The van der Waals surface area contributed by atoms with Crippen LogP contribution in [0.3, 0.4) is 0 Å². The Hall–Kier alpha value is -1.86. The van der Waals surface area contributed by atoms with E-state index in [1.165, 1.54) is 0 Å². The molecule has 0 radical (unpaired) electrons. The number of fused-ring (bicyclic) bond motifs is 1. The normalized spacial score (nSPS) is 23.6. The molecule has 2 nitrogen and oxygen atoms in total. The second-order valence-electron chi connectivity index (χ2n) is 3.90. The summed E-state index contributed by atoms with van der Waals surface area (Å²) in [5.74, 6) is -2.75. The number of alkyl halides is 6. The Morgan fingerprint density at radius 2 is 1.63 bits per heavy atom. The number of carbonyl (C=O) groups is 1. The van der Waals surface area contributed by atoms with Crippen LogP contribution in [0.15, 0.2) is 40.6 Å². The molecule has 2 aliphatic rings. The summed E-state index contributed by atoms with van der Waals surface area (Å²) in [5, 5.41) is 0. The zero-order chi connectivity index (χ0) is 14.4. The summed E-state index contributed by atoms with van der Waals surface area (Å²) in [6.45, 7) is 0. The van der Waals surface area contributed by atoms with Crippen LogP contribution in [0.5, 0.6) is 0 Å². The second-order valence-corrected chi connectivity index (χ2v) is 3.90. The van der Waals surface area contributed by atoms with Crippen molar-refractivity contribution in [3.8, 4) is 0 Å². The Bertz CT molecular complexity index is 547. The van der Waals surface area contributed by atoms with Gasteiger partial charge in [0.25, 0.3) is 0 Å². The van der Waals surface area contributed by atoms with E-state index in [0.717, 1.165) is 12.3 Å². The van der Waals surface area contributed by atoms with Crippen LogP contribution in [0.2, 0.25) is 0 Å². The maximum absolute atomic E-state index is 12.8. The van der Waals surface area contributed by atoms with Crippen LogP contribution in [-0.4, -0.2) is 23.8 Å². The second kappa shape index (κ2) is 4.07. The summed E-state index contributed by atoms with van der Waals surface area (Å²) in [6, 6.07) is 0. The van der Waals surface area contributed by atoms with Crippen molar-refractivity contribution in [2.75, 3.05) is 0 Å². The van der Waals surface area contributed by atoms with Gasteiger partial charge in [-0.05, 0) is 12.2 Å². The molecule has 0 bridgehead atoms. The van der Waals surface area contributed by atoms with E-state index in [9.17, 15) is 31.1 Å². The Labute approximate surface area is 102 Å². The van der Waals surface area contributed by atoms with Gasteiger partial charge in [0, 0.05) is 12.3 Å².